The Balaban J connectivity index is 1.58. The first-order valence-corrected chi connectivity index (χ1v) is 9.80. The third-order valence-corrected chi connectivity index (χ3v) is 5.60. The van der Waals surface area contributed by atoms with Gasteiger partial charge < -0.3 is 10.2 Å². The van der Waals surface area contributed by atoms with Crippen molar-refractivity contribution < 1.29 is 22.8 Å². The minimum Gasteiger partial charge on any atom is -0.342 e. The Kier molecular flexibility index (Phi) is 6.24. The largest absolute Gasteiger partial charge is 0.416 e. The number of rotatable bonds is 6. The Labute approximate surface area is 168 Å². The summed E-state index contributed by atoms with van der Waals surface area (Å²) in [7, 11) is 0. The van der Waals surface area contributed by atoms with E-state index < -0.39 is 11.7 Å². The maximum Gasteiger partial charge on any atom is 0.416 e. The zero-order valence-electron chi connectivity index (χ0n) is 14.7. The van der Waals surface area contributed by atoms with Gasteiger partial charge in [-0.25, -0.2) is 4.98 Å². The third-order valence-electron chi connectivity index (χ3n) is 4.32. The molecule has 28 heavy (non-hydrogen) atoms. The first-order chi connectivity index (χ1) is 13.2. The normalized spacial score (nSPS) is 14.6. The van der Waals surface area contributed by atoms with Crippen LogP contribution in [-0.4, -0.2) is 34.8 Å². The van der Waals surface area contributed by atoms with Crippen LogP contribution in [0.15, 0.2) is 24.4 Å². The maximum absolute atomic E-state index is 12.9. The summed E-state index contributed by atoms with van der Waals surface area (Å²) in [6.45, 7) is 1.04. The Morgan fingerprint density at radius 3 is 2.82 bits per heavy atom. The summed E-state index contributed by atoms with van der Waals surface area (Å²) in [5.41, 5.74) is -0.424. The van der Waals surface area contributed by atoms with Crippen LogP contribution in [0.5, 0.6) is 0 Å². The van der Waals surface area contributed by atoms with Gasteiger partial charge in [0.25, 0.3) is 0 Å². The number of likely N-dealkylation sites (tertiary alicyclic amines) is 1. The zero-order chi connectivity index (χ0) is 20.3. The van der Waals surface area contributed by atoms with E-state index in [2.05, 4.69) is 10.3 Å². The molecule has 1 aliphatic rings. The summed E-state index contributed by atoms with van der Waals surface area (Å²) < 4.78 is 38.6. The molecule has 2 aromatic rings. The Morgan fingerprint density at radius 2 is 2.14 bits per heavy atom. The standard InChI is InChI=1S/C18H17ClF3N3O2S/c19-14-4-3-12(18(20,21)22)8-11(14)9-13-10-23-17(28-13)24-15(26)5-7-25-6-1-2-16(25)27/h3-4,8,10H,1-2,5-7,9H2,(H,23,24,26). The van der Waals surface area contributed by atoms with Crippen molar-refractivity contribution >= 4 is 39.9 Å². The van der Waals surface area contributed by atoms with Crippen LogP contribution in [-0.2, 0) is 22.2 Å². The number of hydrogen-bond acceptors (Lipinski definition) is 4. The topological polar surface area (TPSA) is 62.3 Å². The number of nitrogens with one attached hydrogen (secondary N) is 1. The van der Waals surface area contributed by atoms with E-state index in [1.807, 2.05) is 0 Å². The first-order valence-electron chi connectivity index (χ1n) is 8.60. The number of aromatic nitrogens is 1. The molecule has 1 aromatic heterocycles. The van der Waals surface area contributed by atoms with E-state index in [-0.39, 0.29) is 29.7 Å². The van der Waals surface area contributed by atoms with Gasteiger partial charge in [0.05, 0.1) is 5.56 Å². The highest BCUT2D eigenvalue weighted by Gasteiger charge is 2.31. The molecule has 0 unspecified atom stereocenters. The second-order valence-corrected chi connectivity index (χ2v) is 7.92. The predicted molar refractivity (Wildman–Crippen MR) is 100 cm³/mol. The summed E-state index contributed by atoms with van der Waals surface area (Å²) in [4.78, 5) is 30.0. The molecule has 1 aromatic carbocycles. The van der Waals surface area contributed by atoms with Crippen LogP contribution in [0.25, 0.3) is 0 Å². The van der Waals surface area contributed by atoms with Crippen molar-refractivity contribution in [2.75, 3.05) is 18.4 Å². The van der Waals surface area contributed by atoms with Crippen LogP contribution in [0.3, 0.4) is 0 Å². The van der Waals surface area contributed by atoms with E-state index in [4.69, 9.17) is 11.6 Å². The maximum atomic E-state index is 12.9. The molecule has 0 saturated carbocycles. The van der Waals surface area contributed by atoms with Gasteiger partial charge >= 0.3 is 6.18 Å². The highest BCUT2D eigenvalue weighted by Crippen LogP contribution is 2.33. The van der Waals surface area contributed by atoms with Crippen molar-refractivity contribution in [1.82, 2.24) is 9.88 Å². The fourth-order valence-corrected chi connectivity index (χ4v) is 3.92. The molecule has 0 atom stereocenters. The fourth-order valence-electron chi connectivity index (χ4n) is 2.88. The number of amides is 2. The van der Waals surface area contributed by atoms with Gasteiger partial charge in [-0.05, 0) is 30.2 Å². The molecule has 1 aliphatic heterocycles. The number of carbonyl (C=O) groups excluding carboxylic acids is 2. The van der Waals surface area contributed by atoms with E-state index >= 15 is 0 Å². The lowest BCUT2D eigenvalue weighted by Crippen LogP contribution is -2.28. The lowest BCUT2D eigenvalue weighted by atomic mass is 10.1. The predicted octanol–water partition coefficient (Wildman–Crippen LogP) is 4.36. The highest BCUT2D eigenvalue weighted by molar-refractivity contribution is 7.15. The number of anilines is 1. The molecule has 2 amide bonds. The summed E-state index contributed by atoms with van der Waals surface area (Å²) in [6, 6.07) is 3.19. The molecule has 150 valence electrons. The summed E-state index contributed by atoms with van der Waals surface area (Å²) in [6.07, 6.45) is -1.26. The van der Waals surface area contributed by atoms with Gasteiger partial charge in [-0.1, -0.05) is 11.6 Å². The van der Waals surface area contributed by atoms with E-state index in [1.165, 1.54) is 23.6 Å². The van der Waals surface area contributed by atoms with Gasteiger partial charge in [0, 0.05) is 48.4 Å². The Hall–Kier alpha value is -2.13. The summed E-state index contributed by atoms with van der Waals surface area (Å²) >= 11 is 7.19. The van der Waals surface area contributed by atoms with E-state index in [0.717, 1.165) is 18.6 Å². The molecule has 0 radical (unpaired) electrons. The van der Waals surface area contributed by atoms with Crippen molar-refractivity contribution in [1.29, 1.82) is 0 Å². The lowest BCUT2D eigenvalue weighted by Gasteiger charge is -2.14. The lowest BCUT2D eigenvalue weighted by molar-refractivity contribution is -0.137. The summed E-state index contributed by atoms with van der Waals surface area (Å²) in [5.74, 6) is -0.208. The number of nitrogens with zero attached hydrogens (tertiary/aromatic N) is 2. The molecule has 0 spiro atoms. The number of halogens is 4. The molecular weight excluding hydrogens is 415 g/mol. The zero-order valence-corrected chi connectivity index (χ0v) is 16.3. The molecule has 10 heteroatoms. The molecule has 1 saturated heterocycles. The van der Waals surface area contributed by atoms with Gasteiger partial charge in [-0.15, -0.1) is 11.3 Å². The van der Waals surface area contributed by atoms with Crippen LogP contribution in [0.2, 0.25) is 5.02 Å². The molecule has 3 rings (SSSR count). The monoisotopic (exact) mass is 431 g/mol. The molecule has 0 bridgehead atoms. The van der Waals surface area contributed by atoms with E-state index in [0.29, 0.717) is 35.1 Å². The van der Waals surface area contributed by atoms with Crippen molar-refractivity contribution in [3.05, 3.63) is 45.4 Å². The minimum absolute atomic E-state index is 0.0577. The van der Waals surface area contributed by atoms with Gasteiger partial charge in [0.15, 0.2) is 5.13 Å². The molecule has 0 aliphatic carbocycles. The number of benzene rings is 1. The van der Waals surface area contributed by atoms with E-state index in [9.17, 15) is 22.8 Å². The van der Waals surface area contributed by atoms with E-state index in [1.54, 1.807) is 4.90 Å². The smallest absolute Gasteiger partial charge is 0.342 e. The van der Waals surface area contributed by atoms with Crippen molar-refractivity contribution in [2.45, 2.75) is 31.9 Å². The van der Waals surface area contributed by atoms with Crippen LogP contribution in [0.1, 0.15) is 35.3 Å². The number of alkyl halides is 3. The Bertz CT molecular complexity index is 885. The van der Waals surface area contributed by atoms with Gasteiger partial charge in [0.1, 0.15) is 0 Å². The molecule has 1 N–H and O–H groups in total. The van der Waals surface area contributed by atoms with Crippen LogP contribution in [0.4, 0.5) is 18.3 Å². The third kappa shape index (κ3) is 5.23. The minimum atomic E-state index is -4.44. The second kappa shape index (κ2) is 8.48. The first kappa shape index (κ1) is 20.6. The average molecular weight is 432 g/mol. The number of thiazole rings is 1. The van der Waals surface area contributed by atoms with Crippen LogP contribution < -0.4 is 5.32 Å². The van der Waals surface area contributed by atoms with Crippen molar-refractivity contribution in [3.63, 3.8) is 0 Å². The molecule has 5 nitrogen and oxygen atoms in total. The quantitative estimate of drug-likeness (QED) is 0.739. The molecule has 1 fully saturated rings. The Morgan fingerprint density at radius 1 is 1.36 bits per heavy atom. The number of carbonyl (C=O) groups is 2. The van der Waals surface area contributed by atoms with Gasteiger partial charge in [-0.3, -0.25) is 9.59 Å². The highest BCUT2D eigenvalue weighted by atomic mass is 35.5. The average Bonchev–Trinajstić information content (AvgIpc) is 3.23. The van der Waals surface area contributed by atoms with Crippen molar-refractivity contribution in [2.24, 2.45) is 0 Å². The van der Waals surface area contributed by atoms with Crippen molar-refractivity contribution in [3.8, 4) is 0 Å². The van der Waals surface area contributed by atoms with Gasteiger partial charge in [0.2, 0.25) is 11.8 Å². The van der Waals surface area contributed by atoms with Crippen LogP contribution in [0, 0.1) is 0 Å². The fraction of sp³-hybridized carbons (Fsp3) is 0.389. The summed E-state index contributed by atoms with van der Waals surface area (Å²) in [5, 5.41) is 3.25. The molecular formula is C18H17ClF3N3O2S. The van der Waals surface area contributed by atoms with Gasteiger partial charge in [-0.2, -0.15) is 13.2 Å². The molecule has 2 heterocycles. The second-order valence-electron chi connectivity index (χ2n) is 6.39. The number of hydrogen-bond donors (Lipinski definition) is 1. The van der Waals surface area contributed by atoms with Crippen LogP contribution >= 0.6 is 22.9 Å². The SMILES string of the molecule is O=C(CCN1CCCC1=O)Nc1ncc(Cc2cc(C(F)(F)F)ccc2Cl)s1.